The number of allylic oxidation sites excluding steroid dienone is 1. The first-order valence-corrected chi connectivity index (χ1v) is 6.85. The summed E-state index contributed by atoms with van der Waals surface area (Å²) in [5.74, 6) is 0.0229. The van der Waals surface area contributed by atoms with Gasteiger partial charge in [0, 0.05) is 6.04 Å². The molecule has 1 amide bonds. The number of hydrogen-bond donors (Lipinski definition) is 2. The molecule has 0 aliphatic heterocycles. The monoisotopic (exact) mass is 237 g/mol. The maximum absolute atomic E-state index is 11.9. The molecule has 0 aromatic heterocycles. The minimum Gasteiger partial charge on any atom is -0.389 e. The van der Waals surface area contributed by atoms with Crippen molar-refractivity contribution in [1.82, 2.24) is 5.32 Å². The van der Waals surface area contributed by atoms with Gasteiger partial charge in [0.05, 0.1) is 12.0 Å². The quantitative estimate of drug-likeness (QED) is 0.740. The number of amides is 1. The van der Waals surface area contributed by atoms with E-state index >= 15 is 0 Å². The van der Waals surface area contributed by atoms with Gasteiger partial charge in [0.25, 0.3) is 0 Å². The Labute approximate surface area is 103 Å². The van der Waals surface area contributed by atoms with Gasteiger partial charge in [-0.05, 0) is 32.1 Å². The first kappa shape index (κ1) is 12.6. The number of aliphatic hydroxyl groups is 1. The number of hydrogen-bond acceptors (Lipinski definition) is 2. The lowest BCUT2D eigenvalue weighted by Gasteiger charge is -2.32. The van der Waals surface area contributed by atoms with Crippen LogP contribution in [0.5, 0.6) is 0 Å². The summed E-state index contributed by atoms with van der Waals surface area (Å²) in [7, 11) is 0. The van der Waals surface area contributed by atoms with E-state index in [1.165, 1.54) is 6.42 Å². The molecule has 3 nitrogen and oxygen atoms in total. The topological polar surface area (TPSA) is 49.3 Å². The Balaban J connectivity index is 1.77. The number of rotatable bonds is 3. The van der Waals surface area contributed by atoms with Crippen LogP contribution in [-0.2, 0) is 4.79 Å². The summed E-state index contributed by atoms with van der Waals surface area (Å²) in [6, 6.07) is 0.277. The van der Waals surface area contributed by atoms with E-state index in [0.717, 1.165) is 44.9 Å². The molecule has 2 N–H and O–H groups in total. The Morgan fingerprint density at radius 3 is 2.71 bits per heavy atom. The molecule has 2 aliphatic rings. The van der Waals surface area contributed by atoms with E-state index in [9.17, 15) is 9.90 Å². The van der Waals surface area contributed by atoms with Crippen molar-refractivity contribution in [3.05, 3.63) is 12.2 Å². The van der Waals surface area contributed by atoms with Crippen LogP contribution >= 0.6 is 0 Å². The van der Waals surface area contributed by atoms with Crippen LogP contribution in [0.25, 0.3) is 0 Å². The third-order valence-corrected chi connectivity index (χ3v) is 3.91. The maximum atomic E-state index is 11.9. The molecular weight excluding hydrogens is 214 g/mol. The molecule has 1 fully saturated rings. The molecule has 17 heavy (non-hydrogen) atoms. The molecule has 0 bridgehead atoms. The van der Waals surface area contributed by atoms with Crippen LogP contribution in [0, 0.1) is 0 Å². The molecule has 0 heterocycles. The first-order chi connectivity index (χ1) is 8.18. The lowest BCUT2D eigenvalue weighted by Crippen LogP contribution is -2.42. The van der Waals surface area contributed by atoms with Crippen molar-refractivity contribution in [2.45, 2.75) is 69.4 Å². The zero-order valence-electron chi connectivity index (χ0n) is 10.5. The molecule has 0 aromatic rings. The summed E-state index contributed by atoms with van der Waals surface area (Å²) in [4.78, 5) is 11.9. The average Bonchev–Trinajstić information content (AvgIpc) is 2.30. The normalized spacial score (nSPS) is 27.7. The Hall–Kier alpha value is -0.830. The van der Waals surface area contributed by atoms with Crippen molar-refractivity contribution in [3.63, 3.8) is 0 Å². The third kappa shape index (κ3) is 3.84. The second-order valence-electron chi connectivity index (χ2n) is 5.51. The summed E-state index contributed by atoms with van der Waals surface area (Å²) in [6.07, 6.45) is 12.5. The zero-order chi connectivity index (χ0) is 12.1. The number of nitrogens with one attached hydrogen (secondary N) is 1. The van der Waals surface area contributed by atoms with Crippen molar-refractivity contribution >= 4 is 5.91 Å². The van der Waals surface area contributed by atoms with Crippen LogP contribution in [0.15, 0.2) is 12.2 Å². The van der Waals surface area contributed by atoms with Gasteiger partial charge in [0.15, 0.2) is 0 Å². The van der Waals surface area contributed by atoms with E-state index in [1.807, 2.05) is 0 Å². The van der Waals surface area contributed by atoms with Gasteiger partial charge in [-0.1, -0.05) is 31.4 Å². The largest absolute Gasteiger partial charge is 0.389 e. The molecule has 3 heteroatoms. The van der Waals surface area contributed by atoms with E-state index in [4.69, 9.17) is 0 Å². The SMILES string of the molecule is O=C(CC1(O)CCCCC1)NC1CC=CCC1. The highest BCUT2D eigenvalue weighted by Gasteiger charge is 2.32. The van der Waals surface area contributed by atoms with Crippen molar-refractivity contribution in [1.29, 1.82) is 0 Å². The van der Waals surface area contributed by atoms with Crippen molar-refractivity contribution < 1.29 is 9.90 Å². The first-order valence-electron chi connectivity index (χ1n) is 6.85. The number of carbonyl (C=O) groups excluding carboxylic acids is 1. The fourth-order valence-corrected chi connectivity index (χ4v) is 2.89. The Bertz CT molecular complexity index is 293. The molecule has 2 aliphatic carbocycles. The molecule has 96 valence electrons. The summed E-state index contributed by atoms with van der Waals surface area (Å²) in [5.41, 5.74) is -0.729. The van der Waals surface area contributed by atoms with E-state index in [1.54, 1.807) is 0 Å². The highest BCUT2D eigenvalue weighted by atomic mass is 16.3. The van der Waals surface area contributed by atoms with Gasteiger partial charge >= 0.3 is 0 Å². The molecule has 0 saturated heterocycles. The average molecular weight is 237 g/mol. The molecule has 1 saturated carbocycles. The van der Waals surface area contributed by atoms with Gasteiger partial charge < -0.3 is 10.4 Å². The van der Waals surface area contributed by atoms with Crippen LogP contribution < -0.4 is 5.32 Å². The van der Waals surface area contributed by atoms with E-state index in [0.29, 0.717) is 0 Å². The summed E-state index contributed by atoms with van der Waals surface area (Å²) in [5, 5.41) is 13.3. The van der Waals surface area contributed by atoms with Crippen molar-refractivity contribution in [2.75, 3.05) is 0 Å². The molecule has 0 aromatic carbocycles. The highest BCUT2D eigenvalue weighted by molar-refractivity contribution is 5.77. The molecular formula is C14H23NO2. The molecule has 1 unspecified atom stereocenters. The molecule has 1 atom stereocenters. The van der Waals surface area contributed by atoms with Gasteiger partial charge in [-0.15, -0.1) is 0 Å². The lowest BCUT2D eigenvalue weighted by atomic mass is 9.82. The van der Waals surface area contributed by atoms with Gasteiger partial charge in [-0.3, -0.25) is 4.79 Å². The zero-order valence-corrected chi connectivity index (χ0v) is 10.5. The van der Waals surface area contributed by atoms with Crippen molar-refractivity contribution in [3.8, 4) is 0 Å². The lowest BCUT2D eigenvalue weighted by molar-refractivity contribution is -0.128. The van der Waals surface area contributed by atoms with Crippen LogP contribution in [-0.4, -0.2) is 22.7 Å². The van der Waals surface area contributed by atoms with Crippen LogP contribution in [0.2, 0.25) is 0 Å². The van der Waals surface area contributed by atoms with Crippen LogP contribution in [0.4, 0.5) is 0 Å². The minimum absolute atomic E-state index is 0.0229. The minimum atomic E-state index is -0.729. The fraction of sp³-hybridized carbons (Fsp3) is 0.786. The van der Waals surface area contributed by atoms with Crippen LogP contribution in [0.3, 0.4) is 0 Å². The fourth-order valence-electron chi connectivity index (χ4n) is 2.89. The van der Waals surface area contributed by atoms with Gasteiger partial charge in [0.1, 0.15) is 0 Å². The Kier molecular flexibility index (Phi) is 4.21. The van der Waals surface area contributed by atoms with Gasteiger partial charge in [0.2, 0.25) is 5.91 Å². The predicted molar refractivity (Wildman–Crippen MR) is 67.6 cm³/mol. The number of carbonyl (C=O) groups is 1. The predicted octanol–water partition coefficient (Wildman–Crippen LogP) is 2.30. The standard InChI is InChI=1S/C14H23NO2/c16-13(15-12-7-3-1-4-8-12)11-14(17)9-5-2-6-10-14/h1,3,12,17H,2,4-11H2,(H,15,16). The van der Waals surface area contributed by atoms with E-state index in [2.05, 4.69) is 17.5 Å². The Morgan fingerprint density at radius 1 is 1.29 bits per heavy atom. The summed E-state index contributed by atoms with van der Waals surface area (Å²) < 4.78 is 0. The highest BCUT2D eigenvalue weighted by Crippen LogP contribution is 2.30. The Morgan fingerprint density at radius 2 is 2.06 bits per heavy atom. The second kappa shape index (κ2) is 5.67. The van der Waals surface area contributed by atoms with Crippen molar-refractivity contribution in [2.24, 2.45) is 0 Å². The second-order valence-corrected chi connectivity index (χ2v) is 5.51. The summed E-state index contributed by atoms with van der Waals surface area (Å²) in [6.45, 7) is 0. The van der Waals surface area contributed by atoms with E-state index in [-0.39, 0.29) is 18.4 Å². The maximum Gasteiger partial charge on any atom is 0.223 e. The molecule has 2 rings (SSSR count). The van der Waals surface area contributed by atoms with Gasteiger partial charge in [-0.25, -0.2) is 0 Å². The molecule has 0 spiro atoms. The molecule has 0 radical (unpaired) electrons. The van der Waals surface area contributed by atoms with Crippen LogP contribution in [0.1, 0.15) is 57.8 Å². The smallest absolute Gasteiger partial charge is 0.223 e. The summed E-state index contributed by atoms with van der Waals surface area (Å²) >= 11 is 0. The van der Waals surface area contributed by atoms with Gasteiger partial charge in [-0.2, -0.15) is 0 Å². The van der Waals surface area contributed by atoms with E-state index < -0.39 is 5.60 Å². The third-order valence-electron chi connectivity index (χ3n) is 3.91.